The fraction of sp³-hybridized carbons (Fsp3) is 0.833. The molecule has 1 N–H and O–H groups in total. The zero-order valence-corrected chi connectivity index (χ0v) is 25.5. The fourth-order valence-corrected chi connectivity index (χ4v) is 14.3. The molecule has 2 aliphatic carbocycles. The largest absolute Gasteiger partial charge is 0.461 e. The van der Waals surface area contributed by atoms with Crippen LogP contribution in [0.15, 0.2) is 24.0 Å². The van der Waals surface area contributed by atoms with Crippen molar-refractivity contribution < 1.29 is 14.3 Å². The van der Waals surface area contributed by atoms with Crippen LogP contribution in [0.3, 0.4) is 0 Å². The van der Waals surface area contributed by atoms with Crippen LogP contribution in [0.4, 0.5) is 0 Å². The second kappa shape index (κ2) is 9.76. The van der Waals surface area contributed by atoms with Crippen molar-refractivity contribution in [3.8, 4) is 0 Å². The van der Waals surface area contributed by atoms with Crippen molar-refractivity contribution in [1.29, 1.82) is 0 Å². The minimum absolute atomic E-state index is 0.0637. The minimum Gasteiger partial charge on any atom is -0.461 e. The summed E-state index contributed by atoms with van der Waals surface area (Å²) in [4.78, 5) is 14.2. The van der Waals surface area contributed by atoms with E-state index < -0.39 is 13.6 Å². The molecule has 0 aromatic heterocycles. The van der Waals surface area contributed by atoms with Gasteiger partial charge in [-0.3, -0.25) is 4.79 Å². The molecule has 4 nitrogen and oxygen atoms in total. The molecular weight excluding hydrogens is 450 g/mol. The number of carbonyl (C=O) groups excluding carboxylic acids is 1. The maximum atomic E-state index is 14.2. The molecule has 1 aliphatic heterocycles. The highest BCUT2D eigenvalue weighted by Crippen LogP contribution is 2.62. The summed E-state index contributed by atoms with van der Waals surface area (Å²) in [5, 5.41) is 3.52. The van der Waals surface area contributed by atoms with Crippen molar-refractivity contribution in [3.05, 3.63) is 24.0 Å². The topological polar surface area (TPSA) is 47.6 Å². The van der Waals surface area contributed by atoms with Crippen molar-refractivity contribution in [2.24, 2.45) is 22.7 Å². The standard InChI is InChI=1S/C30H53NO3Si/c1-13-16-31-30(12)22(8)24(18-35(19(2)3,20(4)5)21(6)7)25(26(30)32)34-27-29(11)15-14-23(17-33-27)28(29,9)10/h13,19-23,27,31H,1,14-18H2,2-12H3/t22-,23-,27-,29+,30+/m1/s1. The monoisotopic (exact) mass is 503 g/mol. The molecule has 0 radical (unpaired) electrons. The van der Waals surface area contributed by atoms with Crippen LogP contribution in [0.5, 0.6) is 0 Å². The molecule has 0 spiro atoms. The van der Waals surface area contributed by atoms with E-state index in [1.807, 2.05) is 6.08 Å². The average Bonchev–Trinajstić information content (AvgIpc) is 2.99. The van der Waals surface area contributed by atoms with Crippen LogP contribution < -0.4 is 5.32 Å². The van der Waals surface area contributed by atoms with Gasteiger partial charge in [-0.1, -0.05) is 91.9 Å². The summed E-state index contributed by atoms with van der Waals surface area (Å²) in [6, 6.07) is 1.00. The molecule has 3 rings (SSSR count). The molecule has 2 bridgehead atoms. The number of hydrogen-bond acceptors (Lipinski definition) is 4. The van der Waals surface area contributed by atoms with Gasteiger partial charge in [0.25, 0.3) is 0 Å². The Hall–Kier alpha value is -0.913. The van der Waals surface area contributed by atoms with Gasteiger partial charge in [-0.2, -0.15) is 0 Å². The molecule has 1 heterocycles. The third-order valence-electron chi connectivity index (χ3n) is 11.4. The number of nitrogens with one attached hydrogen (secondary N) is 1. The van der Waals surface area contributed by atoms with Gasteiger partial charge >= 0.3 is 0 Å². The smallest absolute Gasteiger partial charge is 0.217 e. The first kappa shape index (κ1) is 28.7. The van der Waals surface area contributed by atoms with Crippen molar-refractivity contribution in [3.63, 3.8) is 0 Å². The van der Waals surface area contributed by atoms with Crippen LogP contribution in [-0.2, 0) is 14.3 Å². The Morgan fingerprint density at radius 2 is 1.69 bits per heavy atom. The normalized spacial score (nSPS) is 35.0. The first-order chi connectivity index (χ1) is 16.1. The molecule has 0 aromatic carbocycles. The lowest BCUT2D eigenvalue weighted by Gasteiger charge is -2.50. The van der Waals surface area contributed by atoms with E-state index in [1.54, 1.807) is 0 Å². The first-order valence-electron chi connectivity index (χ1n) is 14.0. The number of ether oxygens (including phenoxy) is 2. The fourth-order valence-electron chi connectivity index (χ4n) is 7.94. The Morgan fingerprint density at radius 3 is 2.20 bits per heavy atom. The maximum Gasteiger partial charge on any atom is 0.217 e. The van der Waals surface area contributed by atoms with E-state index in [1.165, 1.54) is 12.0 Å². The van der Waals surface area contributed by atoms with E-state index in [2.05, 4.69) is 88.1 Å². The van der Waals surface area contributed by atoms with Gasteiger partial charge in [0.05, 0.1) is 20.2 Å². The van der Waals surface area contributed by atoms with Gasteiger partial charge < -0.3 is 14.8 Å². The van der Waals surface area contributed by atoms with Gasteiger partial charge in [-0.25, -0.2) is 0 Å². The molecule has 0 unspecified atom stereocenters. The number of rotatable bonds is 10. The Labute approximate surface area is 216 Å². The zero-order valence-electron chi connectivity index (χ0n) is 24.5. The molecule has 1 saturated heterocycles. The minimum atomic E-state index is -1.81. The van der Waals surface area contributed by atoms with Gasteiger partial charge in [0, 0.05) is 17.9 Å². The zero-order chi connectivity index (χ0) is 26.6. The van der Waals surface area contributed by atoms with Gasteiger partial charge in [0.2, 0.25) is 12.1 Å². The summed E-state index contributed by atoms with van der Waals surface area (Å²) < 4.78 is 13.2. The predicted octanol–water partition coefficient (Wildman–Crippen LogP) is 7.49. The molecule has 5 atom stereocenters. The van der Waals surface area contributed by atoms with Crippen LogP contribution in [0.1, 0.15) is 89.0 Å². The lowest BCUT2D eigenvalue weighted by atomic mass is 9.64. The molecule has 3 aliphatic rings. The highest BCUT2D eigenvalue weighted by molar-refractivity contribution is 6.84. The molecule has 2 fully saturated rings. The molecule has 35 heavy (non-hydrogen) atoms. The average molecular weight is 504 g/mol. The van der Waals surface area contributed by atoms with Gasteiger partial charge in [-0.05, 0) is 42.7 Å². The summed E-state index contributed by atoms with van der Waals surface area (Å²) in [5.41, 5.74) is 2.40. The lowest BCUT2D eigenvalue weighted by molar-refractivity contribution is -0.248. The van der Waals surface area contributed by atoms with Gasteiger partial charge in [0.1, 0.15) is 0 Å². The van der Waals surface area contributed by atoms with Crippen molar-refractivity contribution in [2.75, 3.05) is 13.2 Å². The molecule has 200 valence electrons. The Kier molecular flexibility index (Phi) is 7.99. The summed E-state index contributed by atoms with van der Waals surface area (Å²) >= 11 is 0. The Balaban J connectivity index is 2.10. The van der Waals surface area contributed by atoms with Crippen molar-refractivity contribution in [1.82, 2.24) is 5.32 Å². The van der Waals surface area contributed by atoms with E-state index in [4.69, 9.17) is 9.47 Å². The third kappa shape index (κ3) is 4.22. The lowest BCUT2D eigenvalue weighted by Crippen LogP contribution is -2.53. The Morgan fingerprint density at radius 1 is 1.11 bits per heavy atom. The number of carbonyl (C=O) groups is 1. The van der Waals surface area contributed by atoms with Gasteiger partial charge in [0.15, 0.2) is 5.76 Å². The number of Topliss-reactive ketones (excluding diaryl/α,β-unsaturated/α-hetero) is 1. The molecule has 5 heteroatoms. The maximum absolute atomic E-state index is 14.2. The Bertz CT molecular complexity index is 838. The van der Waals surface area contributed by atoms with Crippen molar-refractivity contribution in [2.45, 2.75) is 123 Å². The molecule has 0 aromatic rings. The van der Waals surface area contributed by atoms with Crippen LogP contribution >= 0.6 is 0 Å². The molecule has 0 amide bonds. The van der Waals surface area contributed by atoms with Crippen molar-refractivity contribution >= 4 is 13.9 Å². The van der Waals surface area contributed by atoms with E-state index in [9.17, 15) is 4.79 Å². The van der Waals surface area contributed by atoms with E-state index in [0.29, 0.717) is 41.5 Å². The van der Waals surface area contributed by atoms with Crippen LogP contribution in [-0.4, -0.2) is 38.8 Å². The SMILES string of the molecule is C=CCN[C@]1(C)C(=O)C(O[C@H]2OC[C@H]3CC[C@]2(C)C3(C)C)=C(C[Si](C(C)C)(C(C)C)C(C)C)[C@H]1C. The molecule has 1 saturated carbocycles. The third-order valence-corrected chi connectivity index (χ3v) is 18.8. The highest BCUT2D eigenvalue weighted by Gasteiger charge is 2.62. The van der Waals surface area contributed by atoms with Crippen LogP contribution in [0.2, 0.25) is 22.7 Å². The highest BCUT2D eigenvalue weighted by atomic mass is 28.3. The van der Waals surface area contributed by atoms with Crippen LogP contribution in [0, 0.1) is 22.7 Å². The summed E-state index contributed by atoms with van der Waals surface area (Å²) in [6.45, 7) is 30.9. The predicted molar refractivity (Wildman–Crippen MR) is 149 cm³/mol. The number of ketones is 1. The van der Waals surface area contributed by atoms with Gasteiger partial charge in [-0.15, -0.1) is 6.58 Å². The van der Waals surface area contributed by atoms with E-state index in [0.717, 1.165) is 12.5 Å². The van der Waals surface area contributed by atoms with E-state index in [-0.39, 0.29) is 28.8 Å². The second-order valence-corrected chi connectivity index (χ2v) is 19.7. The number of fused-ring (bicyclic) bond motifs is 2. The van der Waals surface area contributed by atoms with E-state index >= 15 is 0 Å². The van der Waals surface area contributed by atoms with Crippen LogP contribution in [0.25, 0.3) is 0 Å². The quantitative estimate of drug-likeness (QED) is 0.248. The second-order valence-electron chi connectivity index (χ2n) is 13.7. The summed E-state index contributed by atoms with van der Waals surface area (Å²) in [7, 11) is -1.81. The number of hydrogen-bond donors (Lipinski definition) is 1. The summed E-state index contributed by atoms with van der Waals surface area (Å²) in [5.74, 6) is 1.31. The first-order valence-corrected chi connectivity index (χ1v) is 16.5. The molecular formula is C30H53NO3Si. The summed E-state index contributed by atoms with van der Waals surface area (Å²) in [6.07, 6.45) is 3.71.